The van der Waals surface area contributed by atoms with Gasteiger partial charge in [0.25, 0.3) is 0 Å². The van der Waals surface area contributed by atoms with Gasteiger partial charge in [0.2, 0.25) is 0 Å². The van der Waals surface area contributed by atoms with Crippen LogP contribution < -0.4 is 0 Å². The lowest BCUT2D eigenvalue weighted by atomic mass is 10.0. The van der Waals surface area contributed by atoms with Crippen LogP contribution in [0.25, 0.3) is 22.1 Å². The summed E-state index contributed by atoms with van der Waals surface area (Å²) in [6.45, 7) is 0. The van der Waals surface area contributed by atoms with Crippen molar-refractivity contribution in [2.75, 3.05) is 0 Å². The summed E-state index contributed by atoms with van der Waals surface area (Å²) < 4.78 is 0. The molecule has 24 heavy (non-hydrogen) atoms. The fraction of sp³-hybridized carbons (Fsp3) is 0. The highest BCUT2D eigenvalue weighted by atomic mass is 35.5. The Morgan fingerprint density at radius 3 is 2.00 bits per heavy atom. The zero-order chi connectivity index (χ0) is 16.7. The summed E-state index contributed by atoms with van der Waals surface area (Å²) in [6, 6.07) is 17.8. The molecule has 0 aliphatic heterocycles. The summed E-state index contributed by atoms with van der Waals surface area (Å²) >= 11 is 12.4. The fourth-order valence-electron chi connectivity index (χ4n) is 2.59. The predicted molar refractivity (Wildman–Crippen MR) is 96.9 cm³/mol. The molecule has 1 aromatic heterocycles. The summed E-state index contributed by atoms with van der Waals surface area (Å²) in [5.74, 6) is -0.0587. The fourth-order valence-corrected chi connectivity index (χ4v) is 2.98. The molecule has 4 rings (SSSR count). The molecule has 0 unspecified atom stereocenters. The summed E-state index contributed by atoms with van der Waals surface area (Å²) in [5.41, 5.74) is 3.54. The second-order valence-electron chi connectivity index (χ2n) is 5.35. The maximum atomic E-state index is 12.6. The monoisotopic (exact) mass is 352 g/mol. The Bertz CT molecular complexity index is 1090. The maximum absolute atomic E-state index is 12.6. The molecule has 0 radical (unpaired) electrons. The van der Waals surface area contributed by atoms with Gasteiger partial charge in [-0.1, -0.05) is 53.5 Å². The number of rotatable bonds is 2. The third-order valence-corrected chi connectivity index (χ3v) is 4.40. The van der Waals surface area contributed by atoms with E-state index in [0.717, 1.165) is 0 Å². The van der Waals surface area contributed by atoms with Crippen molar-refractivity contribution in [1.82, 2.24) is 9.97 Å². The Morgan fingerprint density at radius 1 is 0.708 bits per heavy atom. The second kappa shape index (κ2) is 5.86. The lowest BCUT2D eigenvalue weighted by molar-refractivity contribution is 0.103. The minimum absolute atomic E-state index is 0.0587. The molecule has 3 aromatic carbocycles. The second-order valence-corrected chi connectivity index (χ2v) is 6.16. The van der Waals surface area contributed by atoms with E-state index in [0.29, 0.717) is 43.2 Å². The van der Waals surface area contributed by atoms with Crippen molar-refractivity contribution in [2.24, 2.45) is 0 Å². The van der Waals surface area contributed by atoms with Gasteiger partial charge in [-0.3, -0.25) is 4.79 Å². The van der Waals surface area contributed by atoms with Crippen LogP contribution in [-0.2, 0) is 0 Å². The molecular weight excluding hydrogens is 343 g/mol. The van der Waals surface area contributed by atoms with Crippen molar-refractivity contribution in [3.05, 3.63) is 81.8 Å². The Labute approximate surface area is 147 Å². The van der Waals surface area contributed by atoms with Gasteiger partial charge in [0, 0.05) is 11.1 Å². The van der Waals surface area contributed by atoms with Gasteiger partial charge in [0.1, 0.15) is 11.0 Å². The minimum atomic E-state index is -0.0587. The molecule has 0 atom stereocenters. The average Bonchev–Trinajstić information content (AvgIpc) is 2.63. The molecule has 116 valence electrons. The van der Waals surface area contributed by atoms with Gasteiger partial charge >= 0.3 is 0 Å². The van der Waals surface area contributed by atoms with Crippen LogP contribution >= 0.6 is 23.2 Å². The van der Waals surface area contributed by atoms with Gasteiger partial charge in [-0.15, -0.1) is 0 Å². The zero-order valence-corrected chi connectivity index (χ0v) is 13.8. The van der Waals surface area contributed by atoms with E-state index in [1.807, 2.05) is 18.2 Å². The van der Waals surface area contributed by atoms with Gasteiger partial charge in [-0.2, -0.15) is 0 Å². The largest absolute Gasteiger partial charge is 0.289 e. The Morgan fingerprint density at radius 2 is 1.33 bits per heavy atom. The number of ketones is 1. The number of carbonyl (C=O) groups is 1. The first-order chi connectivity index (χ1) is 11.6. The number of nitrogens with zero attached hydrogens (tertiary/aromatic N) is 2. The molecule has 0 saturated heterocycles. The number of benzene rings is 3. The smallest absolute Gasteiger partial charge is 0.193 e. The molecule has 0 aliphatic carbocycles. The standard InChI is InChI=1S/C19H10Cl2N2O/c20-13-7-8-14(21)18-17(13)22-15-9-6-12(10-16(15)23-18)19(24)11-4-2-1-3-5-11/h1-10H. The highest BCUT2D eigenvalue weighted by Gasteiger charge is 2.12. The quantitative estimate of drug-likeness (QED) is 0.362. The molecule has 0 bridgehead atoms. The highest BCUT2D eigenvalue weighted by Crippen LogP contribution is 2.29. The lowest BCUT2D eigenvalue weighted by Crippen LogP contribution is -2.01. The van der Waals surface area contributed by atoms with E-state index in [2.05, 4.69) is 9.97 Å². The number of aromatic nitrogens is 2. The van der Waals surface area contributed by atoms with Crippen LogP contribution in [0.3, 0.4) is 0 Å². The number of halogens is 2. The molecule has 5 heteroatoms. The van der Waals surface area contributed by atoms with Gasteiger partial charge in [0.15, 0.2) is 5.78 Å². The summed E-state index contributed by atoms with van der Waals surface area (Å²) in [4.78, 5) is 21.6. The van der Waals surface area contributed by atoms with Crippen molar-refractivity contribution >= 4 is 51.1 Å². The molecule has 0 amide bonds. The van der Waals surface area contributed by atoms with Crippen LogP contribution in [-0.4, -0.2) is 15.8 Å². The summed E-state index contributed by atoms with van der Waals surface area (Å²) in [6.07, 6.45) is 0. The minimum Gasteiger partial charge on any atom is -0.289 e. The number of hydrogen-bond acceptors (Lipinski definition) is 3. The summed E-state index contributed by atoms with van der Waals surface area (Å²) in [5, 5.41) is 0.969. The Balaban J connectivity index is 1.91. The highest BCUT2D eigenvalue weighted by molar-refractivity contribution is 6.39. The number of carbonyl (C=O) groups excluding carboxylic acids is 1. The first-order valence-electron chi connectivity index (χ1n) is 7.29. The molecule has 3 nitrogen and oxygen atoms in total. The molecular formula is C19H10Cl2N2O. The summed E-state index contributed by atoms with van der Waals surface area (Å²) in [7, 11) is 0. The topological polar surface area (TPSA) is 42.9 Å². The van der Waals surface area contributed by atoms with Crippen LogP contribution in [0.5, 0.6) is 0 Å². The molecule has 0 aliphatic rings. The van der Waals surface area contributed by atoms with Crippen LogP contribution in [0.15, 0.2) is 60.7 Å². The van der Waals surface area contributed by atoms with Gasteiger partial charge in [-0.25, -0.2) is 9.97 Å². The number of hydrogen-bond donors (Lipinski definition) is 0. The lowest BCUT2D eigenvalue weighted by Gasteiger charge is -2.06. The van der Waals surface area contributed by atoms with Crippen molar-refractivity contribution < 1.29 is 4.79 Å². The molecule has 0 saturated carbocycles. The molecule has 0 N–H and O–H groups in total. The van der Waals surface area contributed by atoms with Gasteiger partial charge in [-0.05, 0) is 30.3 Å². The van der Waals surface area contributed by atoms with Crippen molar-refractivity contribution in [3.8, 4) is 0 Å². The number of fused-ring (bicyclic) bond motifs is 2. The Kier molecular flexibility index (Phi) is 3.68. The Hall–Kier alpha value is -2.49. The van der Waals surface area contributed by atoms with Crippen molar-refractivity contribution in [3.63, 3.8) is 0 Å². The molecule has 0 spiro atoms. The van der Waals surface area contributed by atoms with E-state index in [1.165, 1.54) is 0 Å². The van der Waals surface area contributed by atoms with E-state index < -0.39 is 0 Å². The van der Waals surface area contributed by atoms with Crippen LogP contribution in [0, 0.1) is 0 Å². The molecule has 4 aromatic rings. The third kappa shape index (κ3) is 2.52. The van der Waals surface area contributed by atoms with Crippen LogP contribution in [0.4, 0.5) is 0 Å². The van der Waals surface area contributed by atoms with E-state index in [1.54, 1.807) is 42.5 Å². The van der Waals surface area contributed by atoms with Gasteiger partial charge < -0.3 is 0 Å². The normalized spacial score (nSPS) is 11.1. The van der Waals surface area contributed by atoms with Crippen LogP contribution in [0.1, 0.15) is 15.9 Å². The maximum Gasteiger partial charge on any atom is 0.193 e. The van der Waals surface area contributed by atoms with E-state index in [9.17, 15) is 4.79 Å². The SMILES string of the molecule is O=C(c1ccccc1)c1ccc2nc3c(Cl)ccc(Cl)c3nc2c1. The van der Waals surface area contributed by atoms with Crippen molar-refractivity contribution in [2.45, 2.75) is 0 Å². The molecule has 0 fully saturated rings. The first-order valence-corrected chi connectivity index (χ1v) is 8.04. The van der Waals surface area contributed by atoms with E-state index in [4.69, 9.17) is 23.2 Å². The predicted octanol–water partition coefficient (Wildman–Crippen LogP) is 5.32. The van der Waals surface area contributed by atoms with Crippen molar-refractivity contribution in [1.29, 1.82) is 0 Å². The third-order valence-electron chi connectivity index (χ3n) is 3.79. The van der Waals surface area contributed by atoms with E-state index >= 15 is 0 Å². The zero-order valence-electron chi connectivity index (χ0n) is 12.3. The molecule has 1 heterocycles. The van der Waals surface area contributed by atoms with Gasteiger partial charge in [0.05, 0.1) is 21.1 Å². The van der Waals surface area contributed by atoms with Crippen LogP contribution in [0.2, 0.25) is 10.0 Å². The first kappa shape index (κ1) is 15.1. The van der Waals surface area contributed by atoms with E-state index in [-0.39, 0.29) is 5.78 Å². The average molecular weight is 353 g/mol.